The first-order chi connectivity index (χ1) is 9.64. The van der Waals surface area contributed by atoms with Gasteiger partial charge in [0.05, 0.1) is 0 Å². The fourth-order valence-corrected chi connectivity index (χ4v) is 1.83. The number of rotatable bonds is 9. The quantitative estimate of drug-likeness (QED) is 0.384. The molecule has 20 heavy (non-hydrogen) atoms. The molecule has 5 N–H and O–H groups in total. The van der Waals surface area contributed by atoms with Crippen molar-refractivity contribution in [3.05, 3.63) is 0 Å². The Balaban J connectivity index is 2.87. The van der Waals surface area contributed by atoms with E-state index < -0.39 is 0 Å². The molecule has 0 spiro atoms. The summed E-state index contributed by atoms with van der Waals surface area (Å²) < 4.78 is 0. The van der Waals surface area contributed by atoms with E-state index in [1.807, 2.05) is 25.7 Å². The molecule has 1 heterocycles. The number of nitrogen functional groups attached to an aromatic ring is 1. The molecule has 0 aromatic carbocycles. The highest BCUT2D eigenvalue weighted by molar-refractivity contribution is 5.43. The van der Waals surface area contributed by atoms with Gasteiger partial charge in [-0.05, 0) is 33.6 Å². The van der Waals surface area contributed by atoms with Crippen LogP contribution in [-0.2, 0) is 0 Å². The number of nitrogens with zero attached hydrogens (tertiary/aromatic N) is 4. The number of hydrogen-bond acceptors (Lipinski definition) is 8. The SMILES string of the molecule is CCN(CC)c1nc(NN)nc(NC(C)CCCO)n1. The second kappa shape index (κ2) is 8.49. The summed E-state index contributed by atoms with van der Waals surface area (Å²) >= 11 is 0. The van der Waals surface area contributed by atoms with E-state index in [1.165, 1.54) is 0 Å². The van der Waals surface area contributed by atoms with Crippen molar-refractivity contribution in [3.8, 4) is 0 Å². The van der Waals surface area contributed by atoms with Gasteiger partial charge in [-0.15, -0.1) is 0 Å². The summed E-state index contributed by atoms with van der Waals surface area (Å²) in [5.41, 5.74) is 2.46. The molecule has 0 bridgehead atoms. The summed E-state index contributed by atoms with van der Waals surface area (Å²) in [4.78, 5) is 14.9. The highest BCUT2D eigenvalue weighted by atomic mass is 16.2. The van der Waals surface area contributed by atoms with E-state index in [4.69, 9.17) is 10.9 Å². The molecule has 8 nitrogen and oxygen atoms in total. The van der Waals surface area contributed by atoms with E-state index in [0.29, 0.717) is 17.8 Å². The van der Waals surface area contributed by atoms with E-state index in [2.05, 4.69) is 25.7 Å². The van der Waals surface area contributed by atoms with Crippen LogP contribution in [0.25, 0.3) is 0 Å². The van der Waals surface area contributed by atoms with Crippen LogP contribution >= 0.6 is 0 Å². The summed E-state index contributed by atoms with van der Waals surface area (Å²) in [6.45, 7) is 7.91. The molecule has 0 saturated carbocycles. The highest BCUT2D eigenvalue weighted by Gasteiger charge is 2.12. The fraction of sp³-hybridized carbons (Fsp3) is 0.750. The molecule has 114 valence electrons. The number of nitrogens with one attached hydrogen (secondary N) is 2. The molecular weight excluding hydrogens is 258 g/mol. The summed E-state index contributed by atoms with van der Waals surface area (Å²) in [6, 6.07) is 0.166. The Bertz CT molecular complexity index is 397. The number of aromatic nitrogens is 3. The van der Waals surface area contributed by atoms with E-state index in [9.17, 15) is 0 Å². The zero-order chi connectivity index (χ0) is 15.0. The monoisotopic (exact) mass is 283 g/mol. The average molecular weight is 283 g/mol. The van der Waals surface area contributed by atoms with Crippen molar-refractivity contribution < 1.29 is 5.11 Å². The maximum absolute atomic E-state index is 8.84. The van der Waals surface area contributed by atoms with Crippen molar-refractivity contribution in [2.24, 2.45) is 5.84 Å². The molecule has 1 aromatic rings. The minimum atomic E-state index is 0.166. The number of aliphatic hydroxyl groups is 1. The Morgan fingerprint density at radius 2 is 1.85 bits per heavy atom. The van der Waals surface area contributed by atoms with Crippen LogP contribution in [-0.4, -0.2) is 45.8 Å². The van der Waals surface area contributed by atoms with Gasteiger partial charge < -0.3 is 15.3 Å². The molecule has 0 radical (unpaired) electrons. The molecule has 0 aliphatic rings. The average Bonchev–Trinajstić information content (AvgIpc) is 2.46. The van der Waals surface area contributed by atoms with Crippen molar-refractivity contribution in [2.75, 3.05) is 35.3 Å². The standard InChI is InChI=1S/C12H25N7O/c1-4-19(5-2)12-16-10(15-11(17-12)18-13)14-9(3)7-6-8-20/h9,20H,4-8,13H2,1-3H3,(H2,14,15,16,17,18). The minimum absolute atomic E-state index is 0.166. The van der Waals surface area contributed by atoms with Crippen LogP contribution in [0.5, 0.6) is 0 Å². The summed E-state index contributed by atoms with van der Waals surface area (Å²) in [6.07, 6.45) is 1.58. The normalized spacial score (nSPS) is 12.1. The lowest BCUT2D eigenvalue weighted by atomic mass is 10.2. The number of nitrogens with two attached hydrogens (primary N) is 1. The van der Waals surface area contributed by atoms with Crippen molar-refractivity contribution in [1.82, 2.24) is 15.0 Å². The van der Waals surface area contributed by atoms with E-state index in [0.717, 1.165) is 25.9 Å². The number of anilines is 3. The molecule has 1 rings (SSSR count). The molecule has 0 aliphatic heterocycles. The third kappa shape index (κ3) is 4.78. The Morgan fingerprint density at radius 1 is 1.20 bits per heavy atom. The summed E-state index contributed by atoms with van der Waals surface area (Å²) in [7, 11) is 0. The first kappa shape index (κ1) is 16.4. The van der Waals surface area contributed by atoms with Gasteiger partial charge in [0.25, 0.3) is 0 Å². The van der Waals surface area contributed by atoms with Gasteiger partial charge in [-0.3, -0.25) is 5.43 Å². The third-order valence-electron chi connectivity index (χ3n) is 2.97. The third-order valence-corrected chi connectivity index (χ3v) is 2.97. The zero-order valence-electron chi connectivity index (χ0n) is 12.4. The zero-order valence-corrected chi connectivity index (χ0v) is 12.4. The maximum Gasteiger partial charge on any atom is 0.243 e. The van der Waals surface area contributed by atoms with Crippen LogP contribution < -0.4 is 21.5 Å². The van der Waals surface area contributed by atoms with Crippen LogP contribution in [0, 0.1) is 0 Å². The summed E-state index contributed by atoms with van der Waals surface area (Å²) in [5.74, 6) is 6.81. The van der Waals surface area contributed by atoms with Crippen LogP contribution in [0.2, 0.25) is 0 Å². The van der Waals surface area contributed by atoms with E-state index >= 15 is 0 Å². The Kier molecular flexibility index (Phi) is 6.96. The van der Waals surface area contributed by atoms with Gasteiger partial charge in [0, 0.05) is 25.7 Å². The van der Waals surface area contributed by atoms with Crippen LogP contribution in [0.15, 0.2) is 0 Å². The molecule has 1 atom stereocenters. The van der Waals surface area contributed by atoms with Gasteiger partial charge in [-0.2, -0.15) is 15.0 Å². The smallest absolute Gasteiger partial charge is 0.243 e. The topological polar surface area (TPSA) is 112 Å². The fourth-order valence-electron chi connectivity index (χ4n) is 1.83. The minimum Gasteiger partial charge on any atom is -0.396 e. The Morgan fingerprint density at radius 3 is 2.40 bits per heavy atom. The molecule has 1 unspecified atom stereocenters. The van der Waals surface area contributed by atoms with Gasteiger partial charge >= 0.3 is 0 Å². The highest BCUT2D eigenvalue weighted by Crippen LogP contribution is 2.14. The van der Waals surface area contributed by atoms with E-state index in [-0.39, 0.29) is 12.6 Å². The lowest BCUT2D eigenvalue weighted by Gasteiger charge is -2.20. The van der Waals surface area contributed by atoms with Crippen LogP contribution in [0.1, 0.15) is 33.6 Å². The molecule has 1 aromatic heterocycles. The van der Waals surface area contributed by atoms with Crippen molar-refractivity contribution in [2.45, 2.75) is 39.7 Å². The van der Waals surface area contributed by atoms with Crippen LogP contribution in [0.3, 0.4) is 0 Å². The van der Waals surface area contributed by atoms with Crippen LogP contribution in [0.4, 0.5) is 17.8 Å². The predicted molar refractivity (Wildman–Crippen MR) is 80.6 cm³/mol. The maximum atomic E-state index is 8.84. The lowest BCUT2D eigenvalue weighted by molar-refractivity contribution is 0.282. The molecule has 0 aliphatic carbocycles. The van der Waals surface area contributed by atoms with Gasteiger partial charge in [-0.25, -0.2) is 5.84 Å². The second-order valence-corrected chi connectivity index (χ2v) is 4.51. The molecule has 0 fully saturated rings. The molecule has 0 amide bonds. The number of hydrazine groups is 1. The molecule has 0 saturated heterocycles. The second-order valence-electron chi connectivity index (χ2n) is 4.51. The number of hydrogen-bond donors (Lipinski definition) is 4. The first-order valence-electron chi connectivity index (χ1n) is 6.99. The largest absolute Gasteiger partial charge is 0.396 e. The molecular formula is C12H25N7O. The Hall–Kier alpha value is -1.67. The van der Waals surface area contributed by atoms with Crippen molar-refractivity contribution in [3.63, 3.8) is 0 Å². The first-order valence-corrected chi connectivity index (χ1v) is 6.99. The van der Waals surface area contributed by atoms with Gasteiger partial charge in [0.2, 0.25) is 17.8 Å². The Labute approximate surface area is 119 Å². The lowest BCUT2D eigenvalue weighted by Crippen LogP contribution is -2.27. The molecule has 8 heteroatoms. The number of aliphatic hydroxyl groups excluding tert-OH is 1. The van der Waals surface area contributed by atoms with Gasteiger partial charge in [-0.1, -0.05) is 0 Å². The summed E-state index contributed by atoms with van der Waals surface area (Å²) in [5, 5.41) is 12.0. The predicted octanol–water partition coefficient (Wildman–Crippen LogP) is 0.576. The van der Waals surface area contributed by atoms with Crippen molar-refractivity contribution in [1.29, 1.82) is 0 Å². The van der Waals surface area contributed by atoms with Crippen molar-refractivity contribution >= 4 is 17.8 Å². The van der Waals surface area contributed by atoms with E-state index in [1.54, 1.807) is 0 Å². The van der Waals surface area contributed by atoms with Gasteiger partial charge in [0.1, 0.15) is 0 Å². The van der Waals surface area contributed by atoms with Gasteiger partial charge in [0.15, 0.2) is 0 Å².